The van der Waals surface area contributed by atoms with Crippen LogP contribution in [0.4, 0.5) is 0 Å². The highest BCUT2D eigenvalue weighted by Crippen LogP contribution is 2.19. The lowest BCUT2D eigenvalue weighted by atomic mass is 10.0. The van der Waals surface area contributed by atoms with Crippen molar-refractivity contribution in [1.82, 2.24) is 20.3 Å². The molecule has 8 nitrogen and oxygen atoms in total. The van der Waals surface area contributed by atoms with Crippen LogP contribution in [0.3, 0.4) is 0 Å². The number of H-pyrrole nitrogens is 1. The summed E-state index contributed by atoms with van der Waals surface area (Å²) in [6.45, 7) is 0. The van der Waals surface area contributed by atoms with Crippen molar-refractivity contribution in [3.05, 3.63) is 60.2 Å². The third kappa shape index (κ3) is 2.95. The van der Waals surface area contributed by atoms with Crippen molar-refractivity contribution < 1.29 is 19.8 Å². The number of amides is 1. The molecule has 2 atom stereocenters. The molecule has 0 radical (unpaired) electrons. The third-order valence-corrected chi connectivity index (χ3v) is 3.58. The van der Waals surface area contributed by atoms with E-state index in [0.717, 1.165) is 0 Å². The number of carbonyl (C=O) groups excluding carboxylic acids is 1. The summed E-state index contributed by atoms with van der Waals surface area (Å²) in [4.78, 5) is 34.5. The monoisotopic (exact) mass is 326 g/mol. The lowest BCUT2D eigenvalue weighted by Crippen LogP contribution is -2.40. The second-order valence-electron chi connectivity index (χ2n) is 5.11. The van der Waals surface area contributed by atoms with Crippen molar-refractivity contribution >= 4 is 22.9 Å². The van der Waals surface area contributed by atoms with Gasteiger partial charge in [0.15, 0.2) is 6.10 Å². The molecule has 0 aliphatic heterocycles. The quantitative estimate of drug-likeness (QED) is 0.551. The van der Waals surface area contributed by atoms with Crippen LogP contribution in [0.5, 0.6) is 0 Å². The Balaban J connectivity index is 1.94. The number of carboxylic acid groups (broad SMARTS) is 1. The van der Waals surface area contributed by atoms with Crippen LogP contribution in [0.2, 0.25) is 0 Å². The molecule has 1 amide bonds. The molecule has 0 saturated carbocycles. The first kappa shape index (κ1) is 15.6. The molecule has 1 aromatic carbocycles. The summed E-state index contributed by atoms with van der Waals surface area (Å²) in [5.41, 5.74) is 1.06. The Morgan fingerprint density at radius 3 is 2.58 bits per heavy atom. The number of benzene rings is 1. The second kappa shape index (κ2) is 6.47. The molecule has 0 unspecified atom stereocenters. The van der Waals surface area contributed by atoms with Crippen LogP contribution >= 0.6 is 0 Å². The summed E-state index contributed by atoms with van der Waals surface area (Å²) >= 11 is 0. The van der Waals surface area contributed by atoms with E-state index in [1.807, 2.05) is 0 Å². The Hall–Kier alpha value is -3.26. The van der Waals surface area contributed by atoms with Crippen LogP contribution in [-0.2, 0) is 4.79 Å². The minimum absolute atomic E-state index is 0.0970. The van der Waals surface area contributed by atoms with Crippen molar-refractivity contribution in [3.63, 3.8) is 0 Å². The highest BCUT2D eigenvalue weighted by atomic mass is 16.4. The van der Waals surface area contributed by atoms with Gasteiger partial charge in [0, 0.05) is 6.20 Å². The zero-order valence-corrected chi connectivity index (χ0v) is 12.4. The number of hydrogen-bond donors (Lipinski definition) is 4. The maximum absolute atomic E-state index is 12.5. The smallest absolute Gasteiger partial charge is 0.335 e. The standard InChI is InChI=1S/C16H14N4O4/c21-13(16(23)24)11(9-4-2-1-3-5-9)20-15(22)12-10-6-7-17-14(10)19-8-18-12/h1-8,11,13,21H,(H,20,22)(H,23,24)(H,17,18,19)/t11-,13+/m0/s1. The van der Waals surface area contributed by atoms with Gasteiger partial charge in [0.25, 0.3) is 5.91 Å². The molecule has 24 heavy (non-hydrogen) atoms. The molecule has 0 fully saturated rings. The largest absolute Gasteiger partial charge is 0.479 e. The Bertz CT molecular complexity index is 878. The van der Waals surface area contributed by atoms with Gasteiger partial charge in [0.2, 0.25) is 0 Å². The first-order valence-electron chi connectivity index (χ1n) is 7.12. The Morgan fingerprint density at radius 1 is 1.12 bits per heavy atom. The summed E-state index contributed by atoms with van der Waals surface area (Å²) in [5, 5.41) is 22.1. The average molecular weight is 326 g/mol. The zero-order valence-electron chi connectivity index (χ0n) is 12.4. The van der Waals surface area contributed by atoms with Gasteiger partial charge in [-0.1, -0.05) is 30.3 Å². The van der Waals surface area contributed by atoms with Crippen molar-refractivity contribution in [2.24, 2.45) is 0 Å². The molecule has 2 heterocycles. The van der Waals surface area contributed by atoms with Gasteiger partial charge in [-0.2, -0.15) is 0 Å². The number of nitrogens with zero attached hydrogens (tertiary/aromatic N) is 2. The van der Waals surface area contributed by atoms with E-state index < -0.39 is 24.0 Å². The third-order valence-electron chi connectivity index (χ3n) is 3.58. The minimum atomic E-state index is -1.79. The van der Waals surface area contributed by atoms with Gasteiger partial charge in [0.1, 0.15) is 17.7 Å². The number of aliphatic carboxylic acids is 1. The maximum atomic E-state index is 12.5. The summed E-state index contributed by atoms with van der Waals surface area (Å²) in [5.74, 6) is -2.03. The lowest BCUT2D eigenvalue weighted by Gasteiger charge is -2.21. The topological polar surface area (TPSA) is 128 Å². The summed E-state index contributed by atoms with van der Waals surface area (Å²) < 4.78 is 0. The van der Waals surface area contributed by atoms with Gasteiger partial charge in [-0.15, -0.1) is 0 Å². The molecule has 4 N–H and O–H groups in total. The number of fused-ring (bicyclic) bond motifs is 1. The van der Waals surface area contributed by atoms with Crippen molar-refractivity contribution in [1.29, 1.82) is 0 Å². The van der Waals surface area contributed by atoms with Gasteiger partial charge in [-0.25, -0.2) is 14.8 Å². The van der Waals surface area contributed by atoms with E-state index in [4.69, 9.17) is 5.11 Å². The van der Waals surface area contributed by atoms with E-state index in [1.54, 1.807) is 42.6 Å². The molecule has 3 aromatic rings. The molecule has 2 aromatic heterocycles. The first-order valence-corrected chi connectivity index (χ1v) is 7.12. The molecular weight excluding hydrogens is 312 g/mol. The molecular formula is C16H14N4O4. The minimum Gasteiger partial charge on any atom is -0.479 e. The normalized spacial score (nSPS) is 13.4. The van der Waals surface area contributed by atoms with Gasteiger partial charge in [-0.05, 0) is 11.6 Å². The highest BCUT2D eigenvalue weighted by Gasteiger charge is 2.29. The van der Waals surface area contributed by atoms with Crippen LogP contribution in [0.1, 0.15) is 22.1 Å². The van der Waals surface area contributed by atoms with Gasteiger partial charge >= 0.3 is 5.97 Å². The molecule has 0 spiro atoms. The number of carbonyl (C=O) groups is 2. The number of carboxylic acids is 1. The number of aliphatic hydroxyl groups excluding tert-OH is 1. The van der Waals surface area contributed by atoms with Crippen LogP contribution in [0.25, 0.3) is 11.0 Å². The summed E-state index contributed by atoms with van der Waals surface area (Å²) in [6, 6.07) is 8.93. The maximum Gasteiger partial charge on any atom is 0.335 e. The van der Waals surface area contributed by atoms with Crippen molar-refractivity contribution in [2.45, 2.75) is 12.1 Å². The molecule has 3 rings (SSSR count). The van der Waals surface area contributed by atoms with Gasteiger partial charge in [-0.3, -0.25) is 4.79 Å². The van der Waals surface area contributed by atoms with E-state index >= 15 is 0 Å². The van der Waals surface area contributed by atoms with Gasteiger partial charge in [0.05, 0.1) is 11.4 Å². The fraction of sp³-hybridized carbons (Fsp3) is 0.125. The van der Waals surface area contributed by atoms with Crippen LogP contribution in [-0.4, -0.2) is 43.1 Å². The highest BCUT2D eigenvalue weighted by molar-refractivity contribution is 6.03. The number of aromatic amines is 1. The fourth-order valence-electron chi connectivity index (χ4n) is 2.41. The first-order chi connectivity index (χ1) is 11.6. The number of aromatic nitrogens is 3. The molecule has 122 valence electrons. The Labute approximate surface area is 136 Å². The van der Waals surface area contributed by atoms with Crippen molar-refractivity contribution in [2.75, 3.05) is 0 Å². The zero-order chi connectivity index (χ0) is 17.1. The van der Waals surface area contributed by atoms with E-state index in [2.05, 4.69) is 20.3 Å². The molecule has 0 saturated heterocycles. The number of nitrogens with one attached hydrogen (secondary N) is 2. The molecule has 0 bridgehead atoms. The number of rotatable bonds is 5. The SMILES string of the molecule is O=C(N[C@@H](c1ccccc1)[C@@H](O)C(=O)O)c1ncnc2[nH]ccc12. The molecule has 0 aliphatic rings. The van der Waals surface area contributed by atoms with Crippen LogP contribution < -0.4 is 5.32 Å². The number of hydrogen-bond acceptors (Lipinski definition) is 5. The summed E-state index contributed by atoms with van der Waals surface area (Å²) in [7, 11) is 0. The predicted molar refractivity (Wildman–Crippen MR) is 84.2 cm³/mol. The molecule has 0 aliphatic carbocycles. The second-order valence-corrected chi connectivity index (χ2v) is 5.11. The van der Waals surface area contributed by atoms with E-state index in [0.29, 0.717) is 16.6 Å². The predicted octanol–water partition coefficient (Wildman–Crippen LogP) is 0.874. The lowest BCUT2D eigenvalue weighted by molar-refractivity contribution is -0.148. The van der Waals surface area contributed by atoms with Crippen molar-refractivity contribution in [3.8, 4) is 0 Å². The van der Waals surface area contributed by atoms with Gasteiger partial charge < -0.3 is 20.5 Å². The molecule has 8 heteroatoms. The fourth-order valence-corrected chi connectivity index (χ4v) is 2.41. The Kier molecular flexibility index (Phi) is 4.21. The van der Waals surface area contributed by atoms with E-state index in [1.165, 1.54) is 6.33 Å². The average Bonchev–Trinajstić information content (AvgIpc) is 3.08. The number of aliphatic hydroxyl groups is 1. The van der Waals surface area contributed by atoms with E-state index in [-0.39, 0.29) is 5.69 Å². The Morgan fingerprint density at radius 2 is 1.88 bits per heavy atom. The summed E-state index contributed by atoms with van der Waals surface area (Å²) in [6.07, 6.45) is 1.07. The van der Waals surface area contributed by atoms with Crippen LogP contribution in [0.15, 0.2) is 48.9 Å². The van der Waals surface area contributed by atoms with E-state index in [9.17, 15) is 14.7 Å². The van der Waals surface area contributed by atoms with Crippen LogP contribution in [0, 0.1) is 0 Å².